The predicted octanol–water partition coefficient (Wildman–Crippen LogP) is 0.994. The molecule has 0 saturated heterocycles. The Morgan fingerprint density at radius 1 is 1.41 bits per heavy atom. The molecule has 1 rings (SSSR count). The number of nitrogens with one attached hydrogen (secondary N) is 1. The second-order valence-electron chi connectivity index (χ2n) is 6.12. The van der Waals surface area contributed by atoms with Crippen LogP contribution in [0.25, 0.3) is 0 Å². The van der Waals surface area contributed by atoms with Gasteiger partial charge in [-0.05, 0) is 31.7 Å². The van der Waals surface area contributed by atoms with Crippen molar-refractivity contribution < 1.29 is 24.2 Å². The maximum atomic E-state index is 12.9. The van der Waals surface area contributed by atoms with Crippen molar-refractivity contribution in [3.8, 4) is 0 Å². The molecule has 27 heavy (non-hydrogen) atoms. The molecule has 10 heteroatoms. The highest BCUT2D eigenvalue weighted by Crippen LogP contribution is 2.32. The number of carbonyl (C=O) groups is 3. The SMILES string of the molecule is COCC(C)N(C(=O)CSC[C@H](N)C(=O)NCC(=O)O)c1c(C)csc1C. The molecular weight excluding hydrogens is 390 g/mol. The maximum Gasteiger partial charge on any atom is 0.322 e. The molecule has 1 unspecified atom stereocenters. The topological polar surface area (TPSA) is 122 Å². The third-order valence-corrected chi connectivity index (χ3v) is 5.82. The quantitative estimate of drug-likeness (QED) is 0.491. The number of thioether (sulfide) groups is 1. The Balaban J connectivity index is 2.70. The first-order valence-corrected chi connectivity index (χ1v) is 10.4. The van der Waals surface area contributed by atoms with Crippen LogP contribution >= 0.6 is 23.1 Å². The largest absolute Gasteiger partial charge is 0.480 e. The minimum absolute atomic E-state index is 0.0905. The first-order valence-electron chi connectivity index (χ1n) is 8.37. The van der Waals surface area contributed by atoms with Crippen LogP contribution in [0.5, 0.6) is 0 Å². The van der Waals surface area contributed by atoms with E-state index in [0.717, 1.165) is 16.1 Å². The minimum atomic E-state index is -1.14. The van der Waals surface area contributed by atoms with Crippen LogP contribution in [-0.4, -0.2) is 66.7 Å². The molecule has 152 valence electrons. The number of hydrogen-bond donors (Lipinski definition) is 3. The fourth-order valence-corrected chi connectivity index (χ4v) is 4.22. The van der Waals surface area contributed by atoms with Crippen molar-refractivity contribution >= 4 is 46.6 Å². The average Bonchev–Trinajstić information content (AvgIpc) is 2.92. The molecule has 2 amide bonds. The van der Waals surface area contributed by atoms with E-state index in [1.807, 2.05) is 26.2 Å². The molecule has 0 fully saturated rings. The summed E-state index contributed by atoms with van der Waals surface area (Å²) in [5.74, 6) is -1.41. The number of ether oxygens (including phenoxy) is 1. The molecule has 0 aliphatic carbocycles. The molecule has 8 nitrogen and oxygen atoms in total. The van der Waals surface area contributed by atoms with Gasteiger partial charge in [0.25, 0.3) is 0 Å². The van der Waals surface area contributed by atoms with Crippen molar-refractivity contribution in [1.82, 2.24) is 5.32 Å². The standard InChI is InChI=1S/C17H27N3O5S2/c1-10-7-27-12(3)16(10)20(11(2)6-25-4)14(21)9-26-8-13(18)17(24)19-5-15(22)23/h7,11,13H,5-6,8-9,18H2,1-4H3,(H,19,24)(H,22,23)/t11?,13-/m0/s1. The number of nitrogens with two attached hydrogens (primary N) is 1. The second kappa shape index (κ2) is 11.3. The summed E-state index contributed by atoms with van der Waals surface area (Å²) < 4.78 is 5.21. The van der Waals surface area contributed by atoms with Crippen molar-refractivity contribution in [2.24, 2.45) is 5.73 Å². The van der Waals surface area contributed by atoms with E-state index < -0.39 is 24.5 Å². The highest BCUT2D eigenvalue weighted by molar-refractivity contribution is 8.00. The smallest absolute Gasteiger partial charge is 0.322 e. The van der Waals surface area contributed by atoms with E-state index >= 15 is 0 Å². The monoisotopic (exact) mass is 417 g/mol. The molecule has 0 aliphatic heterocycles. The number of aryl methyl sites for hydroxylation is 2. The number of anilines is 1. The van der Waals surface area contributed by atoms with E-state index in [1.165, 1.54) is 11.8 Å². The van der Waals surface area contributed by atoms with Gasteiger partial charge in [0, 0.05) is 17.7 Å². The zero-order valence-electron chi connectivity index (χ0n) is 16.0. The van der Waals surface area contributed by atoms with Gasteiger partial charge in [-0.2, -0.15) is 0 Å². The van der Waals surface area contributed by atoms with Crippen LogP contribution in [0, 0.1) is 13.8 Å². The molecular formula is C17H27N3O5S2. The number of nitrogens with zero attached hydrogens (tertiary/aromatic N) is 1. The van der Waals surface area contributed by atoms with E-state index in [9.17, 15) is 14.4 Å². The summed E-state index contributed by atoms with van der Waals surface area (Å²) in [6, 6.07) is -1.01. The molecule has 0 aromatic carbocycles. The summed E-state index contributed by atoms with van der Waals surface area (Å²) in [5.41, 5.74) is 7.68. The summed E-state index contributed by atoms with van der Waals surface area (Å²) in [6.45, 7) is 5.79. The Labute approximate surface area is 167 Å². The number of amides is 2. The van der Waals surface area contributed by atoms with Gasteiger partial charge in [-0.1, -0.05) is 0 Å². The van der Waals surface area contributed by atoms with Crippen LogP contribution in [-0.2, 0) is 19.1 Å². The molecule has 1 aromatic heterocycles. The van der Waals surface area contributed by atoms with Gasteiger partial charge in [0.2, 0.25) is 11.8 Å². The molecule has 4 N–H and O–H groups in total. The Morgan fingerprint density at radius 3 is 2.59 bits per heavy atom. The van der Waals surface area contributed by atoms with Crippen molar-refractivity contribution in [3.63, 3.8) is 0 Å². The highest BCUT2D eigenvalue weighted by atomic mass is 32.2. The third kappa shape index (κ3) is 7.13. The van der Waals surface area contributed by atoms with Gasteiger partial charge in [-0.15, -0.1) is 23.1 Å². The Hall–Kier alpha value is -1.62. The highest BCUT2D eigenvalue weighted by Gasteiger charge is 2.26. The number of thiophene rings is 1. The molecule has 0 saturated carbocycles. The summed E-state index contributed by atoms with van der Waals surface area (Å²) in [6.07, 6.45) is 0. The summed E-state index contributed by atoms with van der Waals surface area (Å²) in [4.78, 5) is 37.8. The third-order valence-electron chi connectivity index (χ3n) is 3.75. The van der Waals surface area contributed by atoms with E-state index in [1.54, 1.807) is 23.3 Å². The Bertz CT molecular complexity index is 645. The lowest BCUT2D eigenvalue weighted by atomic mass is 10.2. The first kappa shape index (κ1) is 23.4. The molecule has 1 heterocycles. The number of carboxylic acid groups (broad SMARTS) is 1. The number of carboxylic acids is 1. The van der Waals surface area contributed by atoms with Gasteiger partial charge < -0.3 is 25.8 Å². The first-order chi connectivity index (χ1) is 12.7. The fourth-order valence-electron chi connectivity index (χ4n) is 2.54. The number of hydrogen-bond acceptors (Lipinski definition) is 7. The summed E-state index contributed by atoms with van der Waals surface area (Å²) >= 11 is 2.83. The molecule has 0 spiro atoms. The van der Waals surface area contributed by atoms with Gasteiger partial charge in [0.05, 0.1) is 30.1 Å². The van der Waals surface area contributed by atoms with Gasteiger partial charge in [-0.3, -0.25) is 14.4 Å². The van der Waals surface area contributed by atoms with Crippen molar-refractivity contribution in [1.29, 1.82) is 0 Å². The number of aliphatic carboxylic acids is 1. The van der Waals surface area contributed by atoms with E-state index in [4.69, 9.17) is 15.6 Å². The van der Waals surface area contributed by atoms with Crippen LogP contribution < -0.4 is 16.0 Å². The summed E-state index contributed by atoms with van der Waals surface area (Å²) in [7, 11) is 1.59. The van der Waals surface area contributed by atoms with E-state index in [0.29, 0.717) is 6.61 Å². The lowest BCUT2D eigenvalue weighted by Gasteiger charge is -2.30. The minimum Gasteiger partial charge on any atom is -0.480 e. The van der Waals surface area contributed by atoms with Crippen molar-refractivity contribution in [2.75, 3.05) is 36.7 Å². The number of rotatable bonds is 11. The van der Waals surface area contributed by atoms with Gasteiger partial charge in [0.15, 0.2) is 0 Å². The zero-order valence-corrected chi connectivity index (χ0v) is 17.6. The van der Waals surface area contributed by atoms with Crippen molar-refractivity contribution in [3.05, 3.63) is 15.8 Å². The molecule has 1 aromatic rings. The maximum absolute atomic E-state index is 12.9. The van der Waals surface area contributed by atoms with Gasteiger partial charge in [-0.25, -0.2) is 0 Å². The van der Waals surface area contributed by atoms with Gasteiger partial charge >= 0.3 is 5.97 Å². The normalized spacial score (nSPS) is 13.1. The fraction of sp³-hybridized carbons (Fsp3) is 0.588. The van der Waals surface area contributed by atoms with E-state index in [2.05, 4.69) is 5.32 Å². The lowest BCUT2D eigenvalue weighted by molar-refractivity contribution is -0.138. The molecule has 0 bridgehead atoms. The lowest BCUT2D eigenvalue weighted by Crippen LogP contribution is -2.45. The number of methoxy groups -OCH3 is 1. The Kier molecular flexibility index (Phi) is 9.78. The predicted molar refractivity (Wildman–Crippen MR) is 109 cm³/mol. The molecule has 0 radical (unpaired) electrons. The molecule has 2 atom stereocenters. The number of carbonyl (C=O) groups excluding carboxylic acids is 2. The molecule has 0 aliphatic rings. The van der Waals surface area contributed by atoms with Crippen LogP contribution in [0.2, 0.25) is 0 Å². The second-order valence-corrected chi connectivity index (χ2v) is 8.24. The van der Waals surface area contributed by atoms with Crippen LogP contribution in [0.4, 0.5) is 5.69 Å². The van der Waals surface area contributed by atoms with Crippen LogP contribution in [0.3, 0.4) is 0 Å². The van der Waals surface area contributed by atoms with E-state index in [-0.39, 0.29) is 23.5 Å². The Morgan fingerprint density at radius 2 is 2.07 bits per heavy atom. The summed E-state index contributed by atoms with van der Waals surface area (Å²) in [5, 5.41) is 12.8. The average molecular weight is 418 g/mol. The zero-order chi connectivity index (χ0) is 20.6. The van der Waals surface area contributed by atoms with Crippen LogP contribution in [0.1, 0.15) is 17.4 Å². The van der Waals surface area contributed by atoms with Crippen molar-refractivity contribution in [2.45, 2.75) is 32.9 Å². The van der Waals surface area contributed by atoms with Gasteiger partial charge in [0.1, 0.15) is 6.54 Å². The van der Waals surface area contributed by atoms with Crippen LogP contribution in [0.15, 0.2) is 5.38 Å².